The van der Waals surface area contributed by atoms with E-state index in [1.807, 2.05) is 39.8 Å². The van der Waals surface area contributed by atoms with Crippen molar-refractivity contribution < 1.29 is 29.1 Å². The third-order valence-corrected chi connectivity index (χ3v) is 4.54. The summed E-state index contributed by atoms with van der Waals surface area (Å²) in [5.41, 5.74) is 4.73. The second-order valence-electron chi connectivity index (χ2n) is 6.84. The van der Waals surface area contributed by atoms with Crippen LogP contribution in [-0.4, -0.2) is 11.9 Å². The quantitative estimate of drug-likeness (QED) is 0.422. The highest BCUT2D eigenvalue weighted by Crippen LogP contribution is 2.19. The van der Waals surface area contributed by atoms with Crippen LogP contribution in [0, 0.1) is 40.9 Å². The molecule has 0 heterocycles. The highest BCUT2D eigenvalue weighted by Gasteiger charge is 2.21. The van der Waals surface area contributed by atoms with E-state index < -0.39 is 11.9 Å². The third-order valence-electron chi connectivity index (χ3n) is 4.54. The summed E-state index contributed by atoms with van der Waals surface area (Å²) in [5.74, 6) is -1.35. The van der Waals surface area contributed by atoms with Gasteiger partial charge in [-0.3, -0.25) is 9.78 Å². The minimum absolute atomic E-state index is 0.136. The fraction of sp³-hybridized carbons (Fsp3) is 0.304. The minimum atomic E-state index is -0.677. The van der Waals surface area contributed by atoms with Gasteiger partial charge in [0.25, 0.3) is 0 Å². The van der Waals surface area contributed by atoms with Gasteiger partial charge in [-0.25, -0.2) is 9.59 Å². The Bertz CT molecular complexity index is 791. The van der Waals surface area contributed by atoms with Gasteiger partial charge < -0.3 is 0 Å². The van der Waals surface area contributed by atoms with E-state index in [0.717, 1.165) is 22.3 Å². The van der Waals surface area contributed by atoms with Crippen LogP contribution in [0.4, 0.5) is 0 Å². The lowest BCUT2D eigenvalue weighted by Crippen LogP contribution is -2.16. The van der Waals surface area contributed by atoms with Crippen LogP contribution in [-0.2, 0) is 19.6 Å². The van der Waals surface area contributed by atoms with E-state index in [1.165, 1.54) is 0 Å². The minimum Gasteiger partial charge on any atom is -0.289 e. The first-order chi connectivity index (χ1) is 13.8. The van der Waals surface area contributed by atoms with Crippen molar-refractivity contribution in [3.8, 4) is 0 Å². The van der Waals surface area contributed by atoms with E-state index in [9.17, 15) is 9.59 Å². The molecule has 0 saturated heterocycles. The maximum atomic E-state index is 12.2. The van der Waals surface area contributed by atoms with Gasteiger partial charge in [0.05, 0.1) is 11.1 Å². The van der Waals surface area contributed by atoms with Crippen molar-refractivity contribution in [3.63, 3.8) is 0 Å². The Morgan fingerprint density at radius 1 is 0.724 bits per heavy atom. The molecule has 6 heteroatoms. The fourth-order valence-corrected chi connectivity index (χ4v) is 2.37. The number of carbonyl (C=O) groups is 2. The van der Waals surface area contributed by atoms with Crippen molar-refractivity contribution in [2.75, 3.05) is 0 Å². The maximum Gasteiger partial charge on any atom is 0.373 e. The van der Waals surface area contributed by atoms with Crippen molar-refractivity contribution in [2.24, 2.45) is 0 Å². The SMILES string of the molecule is [CH2]CCC[C](OOC(=O)c1ccc(C)c(C)c1)OOC(=O)c1ccc(C)c(C)c1. The number of carbonyl (C=O) groups excluding carboxylic acids is 2. The molecule has 2 aromatic rings. The van der Waals surface area contributed by atoms with Crippen LogP contribution in [0.5, 0.6) is 0 Å². The zero-order valence-corrected chi connectivity index (χ0v) is 17.2. The van der Waals surface area contributed by atoms with Gasteiger partial charge in [-0.05, 0) is 80.6 Å². The number of aryl methyl sites for hydroxylation is 4. The molecule has 0 aliphatic rings. The second kappa shape index (κ2) is 10.7. The molecule has 0 saturated carbocycles. The number of hydrogen-bond donors (Lipinski definition) is 0. The summed E-state index contributed by atoms with van der Waals surface area (Å²) < 4.78 is 0. The molecule has 2 aromatic carbocycles. The first kappa shape index (κ1) is 22.6. The molecule has 2 rings (SSSR count). The van der Waals surface area contributed by atoms with Crippen LogP contribution in [0.15, 0.2) is 36.4 Å². The van der Waals surface area contributed by atoms with Crippen LogP contribution >= 0.6 is 0 Å². The van der Waals surface area contributed by atoms with Gasteiger partial charge in [-0.1, -0.05) is 25.5 Å². The van der Waals surface area contributed by atoms with E-state index in [0.29, 0.717) is 24.0 Å². The fourth-order valence-electron chi connectivity index (χ4n) is 2.37. The number of benzene rings is 2. The first-order valence-electron chi connectivity index (χ1n) is 9.39. The molecule has 0 aliphatic heterocycles. The Labute approximate surface area is 171 Å². The van der Waals surface area contributed by atoms with Gasteiger partial charge in [-0.15, -0.1) is 9.78 Å². The summed E-state index contributed by atoms with van der Waals surface area (Å²) in [5, 5.41) is 0. The van der Waals surface area contributed by atoms with Gasteiger partial charge >= 0.3 is 18.2 Å². The highest BCUT2D eigenvalue weighted by molar-refractivity contribution is 5.89. The first-order valence-corrected chi connectivity index (χ1v) is 9.39. The van der Waals surface area contributed by atoms with E-state index in [4.69, 9.17) is 19.6 Å². The molecular weight excluding hydrogens is 372 g/mol. The molecule has 0 aliphatic carbocycles. The Hall–Kier alpha value is -2.70. The normalized spacial score (nSPS) is 10.8. The predicted molar refractivity (Wildman–Crippen MR) is 107 cm³/mol. The lowest BCUT2D eigenvalue weighted by Gasteiger charge is -2.13. The molecule has 0 fully saturated rings. The summed E-state index contributed by atoms with van der Waals surface area (Å²) in [7, 11) is 0. The standard InChI is InChI=1S/C23H26O6/c1-6-7-8-21(26-28-22(24)19-11-9-15(2)17(4)13-19)27-29-23(25)20-12-10-16(3)18(5)14-20/h9-14H,1,6-8H2,2-5H3. The van der Waals surface area contributed by atoms with Crippen molar-refractivity contribution >= 4 is 11.9 Å². The largest absolute Gasteiger partial charge is 0.373 e. The van der Waals surface area contributed by atoms with Gasteiger partial charge in [0.1, 0.15) is 0 Å². The molecule has 0 bridgehead atoms. The highest BCUT2D eigenvalue weighted by atomic mass is 17.3. The van der Waals surface area contributed by atoms with Crippen molar-refractivity contribution in [3.05, 3.63) is 83.0 Å². The summed E-state index contributed by atoms with van der Waals surface area (Å²) >= 11 is 0. The molecule has 0 amide bonds. The predicted octanol–water partition coefficient (Wildman–Crippen LogP) is 5.29. The molecule has 2 radical (unpaired) electrons. The van der Waals surface area contributed by atoms with Gasteiger partial charge in [0.2, 0.25) is 0 Å². The zero-order chi connectivity index (χ0) is 21.4. The molecule has 0 N–H and O–H groups in total. The zero-order valence-electron chi connectivity index (χ0n) is 17.2. The lowest BCUT2D eigenvalue weighted by molar-refractivity contribution is -0.363. The monoisotopic (exact) mass is 398 g/mol. The van der Waals surface area contributed by atoms with Crippen molar-refractivity contribution in [1.82, 2.24) is 0 Å². The number of hydrogen-bond acceptors (Lipinski definition) is 6. The summed E-state index contributed by atoms with van der Waals surface area (Å²) in [4.78, 5) is 44.0. The Morgan fingerprint density at radius 3 is 1.55 bits per heavy atom. The van der Waals surface area contributed by atoms with Crippen LogP contribution in [0.2, 0.25) is 0 Å². The number of rotatable bonds is 9. The average Bonchev–Trinajstić information content (AvgIpc) is 2.71. The molecule has 6 nitrogen and oxygen atoms in total. The Kier molecular flexibility index (Phi) is 8.36. The summed E-state index contributed by atoms with van der Waals surface area (Å²) in [6, 6.07) is 10.3. The Morgan fingerprint density at radius 2 is 1.17 bits per heavy atom. The second-order valence-corrected chi connectivity index (χ2v) is 6.84. The van der Waals surface area contributed by atoms with Crippen molar-refractivity contribution in [2.45, 2.75) is 47.0 Å². The average molecular weight is 398 g/mol. The summed E-state index contributed by atoms with van der Waals surface area (Å²) in [6.45, 7) is 11.4. The lowest BCUT2D eigenvalue weighted by atomic mass is 10.1. The van der Waals surface area contributed by atoms with Gasteiger partial charge in [0, 0.05) is 6.42 Å². The molecule has 0 atom stereocenters. The van der Waals surface area contributed by atoms with Crippen molar-refractivity contribution in [1.29, 1.82) is 0 Å². The van der Waals surface area contributed by atoms with E-state index in [2.05, 4.69) is 6.92 Å². The van der Waals surface area contributed by atoms with Gasteiger partial charge in [0.15, 0.2) is 0 Å². The van der Waals surface area contributed by atoms with Gasteiger partial charge in [-0.2, -0.15) is 0 Å². The smallest absolute Gasteiger partial charge is 0.289 e. The molecule has 0 aromatic heterocycles. The van der Waals surface area contributed by atoms with Crippen LogP contribution in [0.25, 0.3) is 0 Å². The topological polar surface area (TPSA) is 71.1 Å². The van der Waals surface area contributed by atoms with E-state index in [-0.39, 0.29) is 12.7 Å². The number of unbranched alkanes of at least 4 members (excludes halogenated alkanes) is 1. The molecule has 154 valence electrons. The van der Waals surface area contributed by atoms with E-state index >= 15 is 0 Å². The van der Waals surface area contributed by atoms with Crippen LogP contribution < -0.4 is 0 Å². The Balaban J connectivity index is 1.93. The maximum absolute atomic E-state index is 12.2. The third kappa shape index (κ3) is 6.69. The molecule has 0 unspecified atom stereocenters. The molecular formula is C23H26O6. The van der Waals surface area contributed by atoms with Crippen LogP contribution in [0.3, 0.4) is 0 Å². The van der Waals surface area contributed by atoms with Crippen LogP contribution in [0.1, 0.15) is 62.2 Å². The molecule has 29 heavy (non-hydrogen) atoms. The molecule has 0 spiro atoms. The van der Waals surface area contributed by atoms with E-state index in [1.54, 1.807) is 24.3 Å². The summed E-state index contributed by atoms with van der Waals surface area (Å²) in [6.07, 6.45) is 1.32.